The van der Waals surface area contributed by atoms with Crippen LogP contribution in [-0.4, -0.2) is 78.9 Å². The molecule has 10 nitrogen and oxygen atoms in total. The molecule has 1 saturated carbocycles. The van der Waals surface area contributed by atoms with Crippen molar-refractivity contribution in [1.82, 2.24) is 23.6 Å². The SMILES string of the molecule is CN(Cc1ccc(S(C)(=O)=O)cc1)S(=O)(=O)N1CCN(c2ncnc3[nH]ccc23)CC12CC2. The molecule has 0 bridgehead atoms. The molecule has 3 heterocycles. The Morgan fingerprint density at radius 1 is 1.06 bits per heavy atom. The van der Waals surface area contributed by atoms with Gasteiger partial charge in [-0.3, -0.25) is 0 Å². The Morgan fingerprint density at radius 2 is 1.79 bits per heavy atom. The number of hydrogen-bond acceptors (Lipinski definition) is 7. The van der Waals surface area contributed by atoms with Crippen LogP contribution in [0.3, 0.4) is 0 Å². The highest BCUT2D eigenvalue weighted by atomic mass is 32.2. The van der Waals surface area contributed by atoms with Gasteiger partial charge in [0.05, 0.1) is 15.8 Å². The predicted molar refractivity (Wildman–Crippen MR) is 125 cm³/mol. The fourth-order valence-electron chi connectivity index (χ4n) is 4.51. The first-order chi connectivity index (χ1) is 15.6. The average molecular weight is 491 g/mol. The van der Waals surface area contributed by atoms with Crippen LogP contribution in [0.1, 0.15) is 18.4 Å². The molecule has 1 saturated heterocycles. The minimum Gasteiger partial charge on any atom is -0.353 e. The molecule has 2 aliphatic rings. The zero-order valence-corrected chi connectivity index (χ0v) is 20.1. The van der Waals surface area contributed by atoms with Crippen LogP contribution in [0.25, 0.3) is 11.0 Å². The number of nitrogens with one attached hydrogen (secondary N) is 1. The average Bonchev–Trinajstić information content (AvgIpc) is 3.34. The maximum atomic E-state index is 13.5. The highest BCUT2D eigenvalue weighted by Crippen LogP contribution is 2.47. The maximum Gasteiger partial charge on any atom is 0.282 e. The number of anilines is 1. The molecule has 1 aliphatic heterocycles. The molecular formula is C21H26N6O4S2. The molecule has 0 radical (unpaired) electrons. The van der Waals surface area contributed by atoms with Crippen LogP contribution in [0.15, 0.2) is 47.8 Å². The molecule has 12 heteroatoms. The molecule has 3 aromatic rings. The Kier molecular flexibility index (Phi) is 5.23. The standard InChI is InChI=1S/C21H26N6O4S2/c1-25(13-16-3-5-17(6-4-16)32(2,28)29)33(30,31)27-12-11-26(14-21(27)8-9-21)20-18-7-10-22-19(18)23-15-24-20/h3-7,10,15H,8-9,11-14H2,1-2H3,(H,22,23,24). The van der Waals surface area contributed by atoms with E-state index in [1.165, 1.54) is 22.8 Å². The van der Waals surface area contributed by atoms with Crippen molar-refractivity contribution < 1.29 is 16.8 Å². The van der Waals surface area contributed by atoms with Gasteiger partial charge >= 0.3 is 0 Å². The van der Waals surface area contributed by atoms with E-state index in [9.17, 15) is 16.8 Å². The fraction of sp³-hybridized carbons (Fsp3) is 0.429. The number of aromatic nitrogens is 3. The topological polar surface area (TPSA) is 120 Å². The summed E-state index contributed by atoms with van der Waals surface area (Å²) in [6.07, 6.45) is 6.12. The molecule has 0 atom stereocenters. The smallest absolute Gasteiger partial charge is 0.282 e. The van der Waals surface area contributed by atoms with E-state index in [0.29, 0.717) is 19.6 Å². The van der Waals surface area contributed by atoms with E-state index >= 15 is 0 Å². The number of fused-ring (bicyclic) bond motifs is 1. The highest BCUT2D eigenvalue weighted by Gasteiger charge is 2.56. The lowest BCUT2D eigenvalue weighted by Crippen LogP contribution is -2.59. The number of H-pyrrole nitrogens is 1. The van der Waals surface area contributed by atoms with E-state index in [2.05, 4.69) is 19.9 Å². The van der Waals surface area contributed by atoms with E-state index in [1.807, 2.05) is 12.3 Å². The van der Waals surface area contributed by atoms with Gasteiger partial charge in [0.2, 0.25) is 0 Å². The van der Waals surface area contributed by atoms with Crippen molar-refractivity contribution in [3.8, 4) is 0 Å². The van der Waals surface area contributed by atoms with E-state index in [0.717, 1.165) is 41.5 Å². The molecule has 1 N–H and O–H groups in total. The van der Waals surface area contributed by atoms with Crippen LogP contribution in [0.4, 0.5) is 5.82 Å². The van der Waals surface area contributed by atoms with Crippen molar-refractivity contribution in [2.75, 3.05) is 37.8 Å². The molecule has 33 heavy (non-hydrogen) atoms. The zero-order valence-electron chi connectivity index (χ0n) is 18.5. The number of hydrogen-bond donors (Lipinski definition) is 1. The molecule has 2 aromatic heterocycles. The number of nitrogens with zero attached hydrogens (tertiary/aromatic N) is 5. The third-order valence-electron chi connectivity index (χ3n) is 6.48. The Bertz CT molecular complexity index is 1400. The molecule has 1 aliphatic carbocycles. The van der Waals surface area contributed by atoms with Crippen LogP contribution in [0.2, 0.25) is 0 Å². The highest BCUT2D eigenvalue weighted by molar-refractivity contribution is 7.90. The van der Waals surface area contributed by atoms with Crippen molar-refractivity contribution in [1.29, 1.82) is 0 Å². The minimum atomic E-state index is -3.70. The number of benzene rings is 1. The number of piperazine rings is 1. The molecule has 2 fully saturated rings. The van der Waals surface area contributed by atoms with Crippen molar-refractivity contribution in [3.63, 3.8) is 0 Å². The Balaban J connectivity index is 1.33. The van der Waals surface area contributed by atoms with Crippen LogP contribution in [0, 0.1) is 0 Å². The molecule has 176 valence electrons. The predicted octanol–water partition coefficient (Wildman–Crippen LogP) is 1.39. The van der Waals surface area contributed by atoms with Gasteiger partial charge in [-0.05, 0) is 36.6 Å². The fourth-order valence-corrected chi connectivity index (χ4v) is 6.84. The van der Waals surface area contributed by atoms with E-state index in [4.69, 9.17) is 0 Å². The summed E-state index contributed by atoms with van der Waals surface area (Å²) in [5.74, 6) is 0.823. The van der Waals surface area contributed by atoms with Crippen LogP contribution >= 0.6 is 0 Å². The van der Waals surface area contributed by atoms with E-state index in [-0.39, 0.29) is 11.4 Å². The van der Waals surface area contributed by atoms with Gasteiger partial charge < -0.3 is 9.88 Å². The summed E-state index contributed by atoms with van der Waals surface area (Å²) < 4.78 is 53.3. The van der Waals surface area contributed by atoms with Gasteiger partial charge in [-0.25, -0.2) is 18.4 Å². The van der Waals surface area contributed by atoms with Crippen molar-refractivity contribution in [2.24, 2.45) is 0 Å². The second kappa shape index (κ2) is 7.76. The molecule has 5 rings (SSSR count). The molecule has 0 unspecified atom stereocenters. The van der Waals surface area contributed by atoms with Crippen molar-refractivity contribution >= 4 is 36.9 Å². The summed E-state index contributed by atoms with van der Waals surface area (Å²) in [5, 5.41) is 0.930. The monoisotopic (exact) mass is 490 g/mol. The van der Waals surface area contributed by atoms with E-state index in [1.54, 1.807) is 23.5 Å². The zero-order chi connectivity index (χ0) is 23.4. The quantitative estimate of drug-likeness (QED) is 0.554. The molecule has 1 aromatic carbocycles. The summed E-state index contributed by atoms with van der Waals surface area (Å²) >= 11 is 0. The van der Waals surface area contributed by atoms with Gasteiger partial charge in [-0.2, -0.15) is 17.0 Å². The van der Waals surface area contributed by atoms with Crippen molar-refractivity contribution in [3.05, 3.63) is 48.4 Å². The Morgan fingerprint density at radius 3 is 2.45 bits per heavy atom. The maximum absolute atomic E-state index is 13.5. The normalized spacial score (nSPS) is 18.9. The lowest BCUT2D eigenvalue weighted by atomic mass is 10.2. The summed E-state index contributed by atoms with van der Waals surface area (Å²) in [5.41, 5.74) is 1.06. The summed E-state index contributed by atoms with van der Waals surface area (Å²) in [4.78, 5) is 14.2. The van der Waals surface area contributed by atoms with E-state index < -0.39 is 25.6 Å². The first-order valence-electron chi connectivity index (χ1n) is 10.7. The summed E-state index contributed by atoms with van der Waals surface area (Å²) in [7, 11) is -5.43. The molecule has 0 amide bonds. The van der Waals surface area contributed by atoms with Gasteiger partial charge in [0.1, 0.15) is 17.8 Å². The van der Waals surface area contributed by atoms with Crippen LogP contribution in [0.5, 0.6) is 0 Å². The second-order valence-electron chi connectivity index (χ2n) is 8.84. The summed E-state index contributed by atoms with van der Waals surface area (Å²) in [6, 6.07) is 8.27. The minimum absolute atomic E-state index is 0.165. The third-order valence-corrected chi connectivity index (χ3v) is 9.65. The molecule has 1 spiro atoms. The lowest BCUT2D eigenvalue weighted by molar-refractivity contribution is 0.250. The first-order valence-corrected chi connectivity index (χ1v) is 14.0. The number of aromatic amines is 1. The second-order valence-corrected chi connectivity index (χ2v) is 12.8. The van der Waals surface area contributed by atoms with Gasteiger partial charge in [0.25, 0.3) is 10.2 Å². The first kappa shape index (κ1) is 22.3. The van der Waals surface area contributed by atoms with Crippen LogP contribution < -0.4 is 4.90 Å². The van der Waals surface area contributed by atoms with Gasteiger partial charge in [0, 0.05) is 45.7 Å². The van der Waals surface area contributed by atoms with Gasteiger partial charge in [-0.15, -0.1) is 0 Å². The van der Waals surface area contributed by atoms with Gasteiger partial charge in [-0.1, -0.05) is 12.1 Å². The molecular weight excluding hydrogens is 464 g/mol. The lowest BCUT2D eigenvalue weighted by Gasteiger charge is -2.43. The van der Waals surface area contributed by atoms with Gasteiger partial charge in [0.15, 0.2) is 9.84 Å². The Labute approximate surface area is 193 Å². The number of rotatable bonds is 6. The Hall–Kier alpha value is -2.54. The third kappa shape index (κ3) is 4.01. The van der Waals surface area contributed by atoms with Crippen molar-refractivity contribution in [2.45, 2.75) is 29.8 Å². The summed E-state index contributed by atoms with van der Waals surface area (Å²) in [6.45, 7) is 1.66. The largest absolute Gasteiger partial charge is 0.353 e. The van der Waals surface area contributed by atoms with Crippen LogP contribution in [-0.2, 0) is 26.6 Å². The number of sulfone groups is 1.